The highest BCUT2D eigenvalue weighted by Gasteiger charge is 2.41. The number of hydrogen-bond acceptors (Lipinski definition) is 4. The van der Waals surface area contributed by atoms with E-state index in [4.69, 9.17) is 4.74 Å². The fourth-order valence-corrected chi connectivity index (χ4v) is 4.91. The summed E-state index contributed by atoms with van der Waals surface area (Å²) in [4.78, 5) is 29.1. The summed E-state index contributed by atoms with van der Waals surface area (Å²) < 4.78 is 5.19. The Morgan fingerprint density at radius 1 is 1.13 bits per heavy atom. The van der Waals surface area contributed by atoms with Crippen molar-refractivity contribution in [1.29, 1.82) is 0 Å². The van der Waals surface area contributed by atoms with Crippen LogP contribution in [0, 0.1) is 12.8 Å². The van der Waals surface area contributed by atoms with Gasteiger partial charge in [0.1, 0.15) is 5.75 Å². The molecule has 1 aliphatic heterocycles. The van der Waals surface area contributed by atoms with Gasteiger partial charge in [-0.25, -0.2) is 0 Å². The molecule has 1 saturated heterocycles. The Morgan fingerprint density at radius 3 is 2.52 bits per heavy atom. The van der Waals surface area contributed by atoms with Gasteiger partial charge in [0, 0.05) is 23.5 Å². The minimum Gasteiger partial charge on any atom is -0.497 e. The van der Waals surface area contributed by atoms with Gasteiger partial charge in [0.2, 0.25) is 11.8 Å². The topological polar surface area (TPSA) is 58.6 Å². The first-order chi connectivity index (χ1) is 15.1. The number of benzene rings is 2. The predicted molar refractivity (Wildman–Crippen MR) is 123 cm³/mol. The molecule has 4 rings (SSSR count). The first-order valence-corrected chi connectivity index (χ1v) is 11.3. The van der Waals surface area contributed by atoms with E-state index in [1.807, 2.05) is 77.9 Å². The van der Waals surface area contributed by atoms with Crippen molar-refractivity contribution in [2.75, 3.05) is 12.0 Å². The molecular weight excluding hydrogens is 408 g/mol. The highest BCUT2D eigenvalue weighted by atomic mass is 32.1. The molecule has 2 amide bonds. The number of nitrogens with zero attached hydrogens (tertiary/aromatic N) is 1. The Kier molecular flexibility index (Phi) is 6.37. The average molecular weight is 435 g/mol. The van der Waals surface area contributed by atoms with Gasteiger partial charge in [-0.05, 0) is 54.6 Å². The van der Waals surface area contributed by atoms with Crippen LogP contribution in [0.4, 0.5) is 5.69 Å². The largest absolute Gasteiger partial charge is 0.497 e. The number of anilines is 1. The van der Waals surface area contributed by atoms with Gasteiger partial charge in [-0.2, -0.15) is 0 Å². The van der Waals surface area contributed by atoms with E-state index in [0.717, 1.165) is 27.4 Å². The van der Waals surface area contributed by atoms with Crippen LogP contribution in [0.5, 0.6) is 5.75 Å². The molecule has 3 aromatic rings. The van der Waals surface area contributed by atoms with Crippen LogP contribution >= 0.6 is 11.3 Å². The summed E-state index contributed by atoms with van der Waals surface area (Å²) in [7, 11) is 1.63. The third kappa shape index (κ3) is 4.64. The van der Waals surface area contributed by atoms with Crippen molar-refractivity contribution in [1.82, 2.24) is 5.32 Å². The van der Waals surface area contributed by atoms with E-state index >= 15 is 0 Å². The first kappa shape index (κ1) is 21.1. The molecule has 0 aliphatic carbocycles. The van der Waals surface area contributed by atoms with Gasteiger partial charge in [-0.15, -0.1) is 11.3 Å². The normalized spacial score (nSPS) is 18.6. The van der Waals surface area contributed by atoms with Crippen molar-refractivity contribution in [2.24, 2.45) is 5.92 Å². The Labute approximate surface area is 186 Å². The molecule has 160 valence electrons. The second-order valence-corrected chi connectivity index (χ2v) is 8.75. The van der Waals surface area contributed by atoms with Crippen molar-refractivity contribution in [3.8, 4) is 5.75 Å². The lowest BCUT2D eigenvalue weighted by Crippen LogP contribution is -2.48. The molecule has 31 heavy (non-hydrogen) atoms. The third-order valence-corrected chi connectivity index (χ3v) is 6.65. The zero-order valence-electron chi connectivity index (χ0n) is 17.7. The van der Waals surface area contributed by atoms with Gasteiger partial charge < -0.3 is 15.0 Å². The SMILES string of the molecule is COc1ccc(CNC(=O)[C@H]2CCC(=O)N(c3ccc(C)cc3)[C@H]2c2cccs2)cc1. The maximum absolute atomic E-state index is 13.3. The molecule has 0 bridgehead atoms. The minimum absolute atomic E-state index is 0.0289. The van der Waals surface area contributed by atoms with Crippen molar-refractivity contribution < 1.29 is 14.3 Å². The fourth-order valence-electron chi connectivity index (χ4n) is 4.03. The Morgan fingerprint density at radius 2 is 1.87 bits per heavy atom. The standard InChI is InChI=1S/C25H26N2O3S/c1-17-5-9-19(10-6-17)27-23(28)14-13-21(24(27)22-4-3-15-31-22)25(29)26-16-18-7-11-20(30-2)12-8-18/h3-12,15,21,24H,13-14,16H2,1-2H3,(H,26,29)/t21-,24+/m0/s1. The summed E-state index contributed by atoms with van der Waals surface area (Å²) in [5.74, 6) is 0.503. The van der Waals surface area contributed by atoms with Crippen LogP contribution in [0.2, 0.25) is 0 Å². The van der Waals surface area contributed by atoms with Crippen molar-refractivity contribution in [3.05, 3.63) is 82.0 Å². The number of hydrogen-bond donors (Lipinski definition) is 1. The highest BCUT2D eigenvalue weighted by Crippen LogP contribution is 2.41. The number of methoxy groups -OCH3 is 1. The van der Waals surface area contributed by atoms with E-state index in [2.05, 4.69) is 5.32 Å². The monoisotopic (exact) mass is 434 g/mol. The zero-order valence-corrected chi connectivity index (χ0v) is 18.5. The average Bonchev–Trinajstić information content (AvgIpc) is 3.33. The summed E-state index contributed by atoms with van der Waals surface area (Å²) in [6.07, 6.45) is 0.897. The van der Waals surface area contributed by atoms with Gasteiger partial charge in [0.25, 0.3) is 0 Å². The number of piperidine rings is 1. The number of nitrogens with one attached hydrogen (secondary N) is 1. The second-order valence-electron chi connectivity index (χ2n) is 7.77. The quantitative estimate of drug-likeness (QED) is 0.602. The lowest BCUT2D eigenvalue weighted by Gasteiger charge is -2.40. The van der Waals surface area contributed by atoms with E-state index in [1.54, 1.807) is 18.4 Å². The molecule has 0 spiro atoms. The number of thiophene rings is 1. The first-order valence-electron chi connectivity index (χ1n) is 10.4. The fraction of sp³-hybridized carbons (Fsp3) is 0.280. The van der Waals surface area contributed by atoms with Crippen LogP contribution in [0.3, 0.4) is 0 Å². The molecule has 2 heterocycles. The summed E-state index contributed by atoms with van der Waals surface area (Å²) in [5.41, 5.74) is 2.97. The van der Waals surface area contributed by atoms with Gasteiger partial charge in [-0.1, -0.05) is 35.9 Å². The lowest BCUT2D eigenvalue weighted by molar-refractivity contribution is -0.129. The van der Waals surface area contributed by atoms with E-state index in [9.17, 15) is 9.59 Å². The summed E-state index contributed by atoms with van der Waals surface area (Å²) in [6.45, 7) is 2.46. The van der Waals surface area contributed by atoms with E-state index in [0.29, 0.717) is 19.4 Å². The van der Waals surface area contributed by atoms with Gasteiger partial charge in [-0.3, -0.25) is 9.59 Å². The molecule has 5 nitrogen and oxygen atoms in total. The van der Waals surface area contributed by atoms with E-state index in [-0.39, 0.29) is 23.8 Å². The van der Waals surface area contributed by atoms with Crippen LogP contribution < -0.4 is 15.0 Å². The molecule has 2 aromatic carbocycles. The number of rotatable bonds is 6. The van der Waals surface area contributed by atoms with Crippen LogP contribution in [0.15, 0.2) is 66.0 Å². The molecule has 1 aliphatic rings. The van der Waals surface area contributed by atoms with Gasteiger partial charge in [0.15, 0.2) is 0 Å². The van der Waals surface area contributed by atoms with E-state index in [1.165, 1.54) is 0 Å². The molecule has 1 N–H and O–H groups in total. The van der Waals surface area contributed by atoms with Gasteiger partial charge in [0.05, 0.1) is 19.1 Å². The van der Waals surface area contributed by atoms with Gasteiger partial charge >= 0.3 is 0 Å². The van der Waals surface area contributed by atoms with Crippen LogP contribution in [-0.2, 0) is 16.1 Å². The minimum atomic E-state index is -0.309. The molecular formula is C25H26N2O3S. The number of amides is 2. The number of carbonyl (C=O) groups excluding carboxylic acids is 2. The number of aryl methyl sites for hydroxylation is 1. The molecule has 2 atom stereocenters. The summed E-state index contributed by atoms with van der Waals surface area (Å²) in [5, 5.41) is 5.08. The Bertz CT molecular complexity index is 1030. The number of carbonyl (C=O) groups is 2. The van der Waals surface area contributed by atoms with Crippen LogP contribution in [0.1, 0.15) is 34.9 Å². The number of ether oxygens (including phenoxy) is 1. The lowest BCUT2D eigenvalue weighted by atomic mass is 9.86. The van der Waals surface area contributed by atoms with Crippen LogP contribution in [0.25, 0.3) is 0 Å². The molecule has 1 aromatic heterocycles. The molecule has 0 radical (unpaired) electrons. The highest BCUT2D eigenvalue weighted by molar-refractivity contribution is 7.10. The maximum atomic E-state index is 13.3. The summed E-state index contributed by atoms with van der Waals surface area (Å²) in [6, 6.07) is 19.3. The Balaban J connectivity index is 1.58. The van der Waals surface area contributed by atoms with Crippen molar-refractivity contribution in [2.45, 2.75) is 32.4 Å². The predicted octanol–water partition coefficient (Wildman–Crippen LogP) is 4.87. The second kappa shape index (κ2) is 9.35. The summed E-state index contributed by atoms with van der Waals surface area (Å²) >= 11 is 1.58. The van der Waals surface area contributed by atoms with E-state index < -0.39 is 0 Å². The third-order valence-electron chi connectivity index (χ3n) is 5.71. The molecule has 0 unspecified atom stereocenters. The maximum Gasteiger partial charge on any atom is 0.227 e. The molecule has 1 fully saturated rings. The van der Waals surface area contributed by atoms with Crippen LogP contribution in [-0.4, -0.2) is 18.9 Å². The Hall–Kier alpha value is -3.12. The molecule has 6 heteroatoms. The smallest absolute Gasteiger partial charge is 0.227 e. The molecule has 0 saturated carbocycles. The zero-order chi connectivity index (χ0) is 21.8. The van der Waals surface area contributed by atoms with Crippen molar-refractivity contribution >= 4 is 28.8 Å². The van der Waals surface area contributed by atoms with Crippen molar-refractivity contribution in [3.63, 3.8) is 0 Å².